The van der Waals surface area contributed by atoms with Gasteiger partial charge in [0.05, 0.1) is 31.0 Å². The van der Waals surface area contributed by atoms with E-state index in [1.807, 2.05) is 0 Å². The summed E-state index contributed by atoms with van der Waals surface area (Å²) in [4.78, 5) is 17.1. The lowest BCUT2D eigenvalue weighted by Gasteiger charge is -2.01. The first-order valence-corrected chi connectivity index (χ1v) is 6.43. The fourth-order valence-corrected chi connectivity index (χ4v) is 1.60. The highest BCUT2D eigenvalue weighted by Crippen LogP contribution is 2.27. The van der Waals surface area contributed by atoms with Crippen molar-refractivity contribution in [2.75, 3.05) is 20.0 Å². The zero-order chi connectivity index (χ0) is 16.7. The van der Waals surface area contributed by atoms with E-state index in [1.165, 1.54) is 26.5 Å². The minimum absolute atomic E-state index is 0.111. The molecular formula is C12H12Cl2N4O4. The lowest BCUT2D eigenvalue weighted by atomic mass is 10.4. The van der Waals surface area contributed by atoms with E-state index in [2.05, 4.69) is 9.97 Å². The summed E-state index contributed by atoms with van der Waals surface area (Å²) in [6.45, 7) is 0. The number of halogens is 2. The molecule has 2 rings (SSSR count). The van der Waals surface area contributed by atoms with Crippen LogP contribution in [0.4, 0.5) is 11.4 Å². The molecule has 2 N–H and O–H groups in total. The maximum atomic E-state index is 10.3. The van der Waals surface area contributed by atoms with Crippen LogP contribution in [0.2, 0.25) is 10.3 Å². The molecule has 0 saturated carbocycles. The number of aromatic nitrogens is 2. The molecular weight excluding hydrogens is 335 g/mol. The number of rotatable bonds is 3. The smallest absolute Gasteiger partial charge is 0.329 e. The van der Waals surface area contributed by atoms with E-state index in [4.69, 9.17) is 38.4 Å². The number of methoxy groups -OCH3 is 2. The summed E-state index contributed by atoms with van der Waals surface area (Å²) in [6, 6.07) is 2.86. The van der Waals surface area contributed by atoms with Gasteiger partial charge in [-0.15, -0.1) is 0 Å². The predicted octanol–water partition coefficient (Wildman–Crippen LogP) is 2.98. The molecule has 0 saturated heterocycles. The summed E-state index contributed by atoms with van der Waals surface area (Å²) in [6.07, 6.45) is 2.52. The van der Waals surface area contributed by atoms with E-state index in [0.29, 0.717) is 16.6 Å². The molecule has 10 heteroatoms. The first-order chi connectivity index (χ1) is 10.4. The van der Waals surface area contributed by atoms with Gasteiger partial charge in [0.25, 0.3) is 0 Å². The van der Waals surface area contributed by atoms with Crippen molar-refractivity contribution < 1.29 is 14.4 Å². The molecule has 2 aromatic heterocycles. The van der Waals surface area contributed by atoms with Gasteiger partial charge in [0.2, 0.25) is 5.75 Å². The van der Waals surface area contributed by atoms with Gasteiger partial charge in [-0.3, -0.25) is 10.1 Å². The van der Waals surface area contributed by atoms with Crippen LogP contribution in [0.5, 0.6) is 11.5 Å². The third-order valence-electron chi connectivity index (χ3n) is 2.31. The lowest BCUT2D eigenvalue weighted by molar-refractivity contribution is -0.386. The van der Waals surface area contributed by atoms with Crippen molar-refractivity contribution in [1.29, 1.82) is 0 Å². The van der Waals surface area contributed by atoms with Crippen molar-refractivity contribution in [3.63, 3.8) is 0 Å². The molecule has 0 unspecified atom stereocenters. The first kappa shape index (κ1) is 17.7. The maximum Gasteiger partial charge on any atom is 0.329 e. The van der Waals surface area contributed by atoms with Crippen LogP contribution in [0, 0.1) is 10.1 Å². The number of nitro groups is 1. The first-order valence-electron chi connectivity index (χ1n) is 5.68. The molecule has 0 atom stereocenters. The highest BCUT2D eigenvalue weighted by atomic mass is 35.5. The Kier molecular flexibility index (Phi) is 6.61. The van der Waals surface area contributed by atoms with Gasteiger partial charge >= 0.3 is 5.69 Å². The van der Waals surface area contributed by atoms with Gasteiger partial charge in [-0.05, 0) is 0 Å². The minimum atomic E-state index is -0.581. The van der Waals surface area contributed by atoms with E-state index in [0.717, 1.165) is 6.20 Å². The van der Waals surface area contributed by atoms with Crippen LogP contribution < -0.4 is 15.2 Å². The number of hydrogen-bond acceptors (Lipinski definition) is 7. The van der Waals surface area contributed by atoms with Crippen LogP contribution in [0.15, 0.2) is 24.5 Å². The summed E-state index contributed by atoms with van der Waals surface area (Å²) in [5, 5.41) is 10.9. The summed E-state index contributed by atoms with van der Waals surface area (Å²) in [7, 11) is 2.86. The van der Waals surface area contributed by atoms with Gasteiger partial charge in [-0.1, -0.05) is 23.2 Å². The number of nitrogen functional groups attached to an aromatic ring is 1. The van der Waals surface area contributed by atoms with Gasteiger partial charge in [-0.2, -0.15) is 0 Å². The number of ether oxygens (including phenoxy) is 2. The van der Waals surface area contributed by atoms with Crippen LogP contribution >= 0.6 is 23.2 Å². The third-order valence-corrected chi connectivity index (χ3v) is 2.72. The lowest BCUT2D eigenvalue weighted by Crippen LogP contribution is -1.94. The molecule has 2 heterocycles. The van der Waals surface area contributed by atoms with Crippen LogP contribution in [0.3, 0.4) is 0 Å². The monoisotopic (exact) mass is 346 g/mol. The summed E-state index contributed by atoms with van der Waals surface area (Å²) >= 11 is 11.0. The highest BCUT2D eigenvalue weighted by molar-refractivity contribution is 6.29. The average molecular weight is 347 g/mol. The third kappa shape index (κ3) is 4.90. The Morgan fingerprint density at radius 3 is 2.05 bits per heavy atom. The molecule has 0 aliphatic rings. The van der Waals surface area contributed by atoms with Crippen molar-refractivity contribution in [2.45, 2.75) is 0 Å². The zero-order valence-corrected chi connectivity index (χ0v) is 13.1. The molecule has 0 aliphatic carbocycles. The van der Waals surface area contributed by atoms with Gasteiger partial charge in [-0.25, -0.2) is 9.97 Å². The Labute approximate surface area is 135 Å². The molecule has 22 heavy (non-hydrogen) atoms. The Balaban J connectivity index is 0.000000224. The molecule has 0 spiro atoms. The Morgan fingerprint density at radius 1 is 1.09 bits per heavy atom. The minimum Gasteiger partial charge on any atom is -0.494 e. The van der Waals surface area contributed by atoms with Crippen LogP contribution in [-0.4, -0.2) is 29.1 Å². The van der Waals surface area contributed by atoms with Crippen molar-refractivity contribution in [3.8, 4) is 11.5 Å². The fraction of sp³-hybridized carbons (Fsp3) is 0.167. The molecule has 0 amide bonds. The largest absolute Gasteiger partial charge is 0.494 e. The molecule has 0 bridgehead atoms. The van der Waals surface area contributed by atoms with Crippen molar-refractivity contribution in [1.82, 2.24) is 9.97 Å². The van der Waals surface area contributed by atoms with Crippen LogP contribution in [0.1, 0.15) is 0 Å². The average Bonchev–Trinajstić information content (AvgIpc) is 2.49. The molecule has 8 nitrogen and oxygen atoms in total. The van der Waals surface area contributed by atoms with E-state index in [9.17, 15) is 10.1 Å². The van der Waals surface area contributed by atoms with Crippen molar-refractivity contribution >= 4 is 34.6 Å². The summed E-state index contributed by atoms with van der Waals surface area (Å²) in [5.41, 5.74) is 5.75. The Bertz CT molecular complexity index is 670. The second-order valence-electron chi connectivity index (χ2n) is 3.68. The molecule has 0 radical (unpaired) electrons. The van der Waals surface area contributed by atoms with Crippen molar-refractivity contribution in [3.05, 3.63) is 44.9 Å². The fourth-order valence-electron chi connectivity index (χ4n) is 1.31. The zero-order valence-electron chi connectivity index (χ0n) is 11.6. The second kappa shape index (κ2) is 8.20. The standard InChI is InChI=1S/C6H5ClN2O3.C6H7ClN2O/c1-12-5-2-6(7)8-3-4(5)9(10)11;1-10-5-2-6(7)9-3-4(5)8/h2-3H,1H3;2-3H,8H2,1H3. The van der Waals surface area contributed by atoms with Gasteiger partial charge in [0.1, 0.15) is 22.3 Å². The van der Waals surface area contributed by atoms with E-state index in [1.54, 1.807) is 6.07 Å². The number of hydrogen-bond donors (Lipinski definition) is 1. The maximum absolute atomic E-state index is 10.3. The quantitative estimate of drug-likeness (QED) is 0.516. The molecule has 0 fully saturated rings. The Morgan fingerprint density at radius 2 is 1.59 bits per heavy atom. The van der Waals surface area contributed by atoms with Crippen LogP contribution in [0.25, 0.3) is 0 Å². The van der Waals surface area contributed by atoms with E-state index in [-0.39, 0.29) is 16.6 Å². The topological polar surface area (TPSA) is 113 Å². The number of nitrogens with two attached hydrogens (primary N) is 1. The Hall–Kier alpha value is -2.32. The van der Waals surface area contributed by atoms with E-state index < -0.39 is 4.92 Å². The second-order valence-corrected chi connectivity index (χ2v) is 4.46. The van der Waals surface area contributed by atoms with Gasteiger partial charge < -0.3 is 15.2 Å². The van der Waals surface area contributed by atoms with Crippen LogP contribution in [-0.2, 0) is 0 Å². The van der Waals surface area contributed by atoms with Gasteiger partial charge in [0, 0.05) is 12.1 Å². The number of pyridine rings is 2. The summed E-state index contributed by atoms with van der Waals surface area (Å²) < 4.78 is 9.60. The molecule has 2 aromatic rings. The highest BCUT2D eigenvalue weighted by Gasteiger charge is 2.14. The normalized spacial score (nSPS) is 9.45. The molecule has 0 aliphatic heterocycles. The van der Waals surface area contributed by atoms with Gasteiger partial charge in [0.15, 0.2) is 0 Å². The number of anilines is 1. The number of nitrogens with zero attached hydrogens (tertiary/aromatic N) is 3. The van der Waals surface area contributed by atoms with Crippen molar-refractivity contribution in [2.24, 2.45) is 0 Å². The van der Waals surface area contributed by atoms with E-state index >= 15 is 0 Å². The molecule has 118 valence electrons. The summed E-state index contributed by atoms with van der Waals surface area (Å²) in [5.74, 6) is 0.667. The molecule has 0 aromatic carbocycles. The SMILES string of the molecule is COc1cc(Cl)ncc1N.COc1cc(Cl)ncc1[N+](=O)[O-]. The predicted molar refractivity (Wildman–Crippen MR) is 82.7 cm³/mol.